The van der Waals surface area contributed by atoms with Gasteiger partial charge in [0.15, 0.2) is 0 Å². The second kappa shape index (κ2) is 7.14. The largest absolute Gasteiger partial charge is 0.446 e. The molecule has 1 saturated heterocycles. The normalized spacial score (nSPS) is 23.8. The Bertz CT molecular complexity index is 485. The summed E-state index contributed by atoms with van der Waals surface area (Å²) in [7, 11) is 0. The van der Waals surface area contributed by atoms with Gasteiger partial charge in [0.1, 0.15) is 6.61 Å². The van der Waals surface area contributed by atoms with Gasteiger partial charge in [-0.15, -0.1) is 0 Å². The van der Waals surface area contributed by atoms with Crippen LogP contribution < -0.4 is 5.43 Å². The highest BCUT2D eigenvalue weighted by atomic mass is 16.6. The highest BCUT2D eigenvalue weighted by Gasteiger charge is 2.36. The molecule has 1 aliphatic heterocycles. The minimum absolute atomic E-state index is 0.0883. The van der Waals surface area contributed by atoms with Gasteiger partial charge in [-0.3, -0.25) is 0 Å². The van der Waals surface area contributed by atoms with Crippen LogP contribution in [0.3, 0.4) is 0 Å². The number of hydrogen-bond acceptors (Lipinski definition) is 3. The van der Waals surface area contributed by atoms with E-state index in [0.717, 1.165) is 12.8 Å². The van der Waals surface area contributed by atoms with E-state index < -0.39 is 0 Å². The number of ether oxygens (including phenoxy) is 1. The fourth-order valence-electron chi connectivity index (χ4n) is 3.72. The average Bonchev–Trinajstić information content (AvgIpc) is 3.18. The van der Waals surface area contributed by atoms with Crippen molar-refractivity contribution in [2.24, 2.45) is 5.92 Å². The van der Waals surface area contributed by atoms with E-state index in [2.05, 4.69) is 24.5 Å². The highest BCUT2D eigenvalue weighted by Crippen LogP contribution is 2.29. The highest BCUT2D eigenvalue weighted by molar-refractivity contribution is 5.69. The third-order valence-corrected chi connectivity index (χ3v) is 4.99. The molecule has 2 aliphatic rings. The molecule has 1 amide bonds. The number of hydrogen-bond donors (Lipinski definition) is 1. The number of nitrogens with zero attached hydrogens (tertiary/aromatic N) is 1. The zero-order valence-corrected chi connectivity index (χ0v) is 13.3. The van der Waals surface area contributed by atoms with Crippen LogP contribution in [0.15, 0.2) is 30.3 Å². The molecule has 0 bridgehead atoms. The van der Waals surface area contributed by atoms with Gasteiger partial charge >= 0.3 is 6.09 Å². The molecule has 0 spiro atoms. The molecule has 0 unspecified atom stereocenters. The molecule has 1 aliphatic carbocycles. The van der Waals surface area contributed by atoms with Gasteiger partial charge < -0.3 is 4.74 Å². The van der Waals surface area contributed by atoms with Crippen molar-refractivity contribution in [2.75, 3.05) is 6.61 Å². The summed E-state index contributed by atoms with van der Waals surface area (Å²) >= 11 is 0. The van der Waals surface area contributed by atoms with E-state index in [1.165, 1.54) is 31.2 Å². The summed E-state index contributed by atoms with van der Waals surface area (Å²) in [6.45, 7) is 2.67. The topological polar surface area (TPSA) is 41.6 Å². The van der Waals surface area contributed by atoms with Crippen molar-refractivity contribution in [1.82, 2.24) is 10.4 Å². The Balaban J connectivity index is 1.65. The van der Waals surface area contributed by atoms with Gasteiger partial charge in [0.05, 0.1) is 6.04 Å². The summed E-state index contributed by atoms with van der Waals surface area (Å²) < 4.78 is 5.28. The third-order valence-electron chi connectivity index (χ3n) is 4.99. The molecule has 1 N–H and O–H groups in total. The van der Waals surface area contributed by atoms with Gasteiger partial charge in [0, 0.05) is 6.04 Å². The molecule has 2 atom stereocenters. The van der Waals surface area contributed by atoms with E-state index in [1.54, 1.807) is 5.01 Å². The van der Waals surface area contributed by atoms with Gasteiger partial charge in [-0.25, -0.2) is 15.2 Å². The van der Waals surface area contributed by atoms with Gasteiger partial charge in [-0.05, 0) is 37.2 Å². The number of benzene rings is 1. The van der Waals surface area contributed by atoms with Gasteiger partial charge in [0.2, 0.25) is 0 Å². The van der Waals surface area contributed by atoms with Crippen LogP contribution in [0.25, 0.3) is 0 Å². The van der Waals surface area contributed by atoms with Crippen LogP contribution in [-0.4, -0.2) is 29.8 Å². The first kappa shape index (κ1) is 15.3. The standard InChI is InChI=1S/C18H26N2O2/c1-2-17(15-10-6-7-11-15)19-20-16(13-22-18(20)21)12-14-8-4-3-5-9-14/h3-5,8-9,15-17,19H,2,6-7,10-13H2,1H3/t16-,17+/m0/s1. The smallest absolute Gasteiger partial charge is 0.424 e. The molecule has 120 valence electrons. The van der Waals surface area contributed by atoms with E-state index in [0.29, 0.717) is 18.6 Å². The lowest BCUT2D eigenvalue weighted by Gasteiger charge is -2.31. The Morgan fingerprint density at radius 2 is 2.00 bits per heavy atom. The first-order chi connectivity index (χ1) is 10.8. The van der Waals surface area contributed by atoms with Crippen LogP contribution in [-0.2, 0) is 11.2 Å². The van der Waals surface area contributed by atoms with Gasteiger partial charge in [-0.2, -0.15) is 0 Å². The fourth-order valence-corrected chi connectivity index (χ4v) is 3.72. The number of amides is 1. The van der Waals surface area contributed by atoms with Crippen molar-refractivity contribution in [3.63, 3.8) is 0 Å². The lowest BCUT2D eigenvalue weighted by molar-refractivity contribution is 0.118. The predicted octanol–water partition coefficient (Wildman–Crippen LogP) is 3.52. The second-order valence-electron chi connectivity index (χ2n) is 6.48. The Morgan fingerprint density at radius 3 is 2.68 bits per heavy atom. The van der Waals surface area contributed by atoms with Crippen molar-refractivity contribution in [3.05, 3.63) is 35.9 Å². The van der Waals surface area contributed by atoms with Crippen molar-refractivity contribution in [2.45, 2.75) is 57.5 Å². The van der Waals surface area contributed by atoms with Crippen LogP contribution in [0.1, 0.15) is 44.6 Å². The fraction of sp³-hybridized carbons (Fsp3) is 0.611. The molecule has 3 rings (SSSR count). The Kier molecular flexibility index (Phi) is 4.98. The maximum Gasteiger partial charge on any atom is 0.424 e. The van der Waals surface area contributed by atoms with Crippen LogP contribution in [0, 0.1) is 5.92 Å². The maximum atomic E-state index is 12.1. The molecule has 1 aromatic rings. The lowest BCUT2D eigenvalue weighted by Crippen LogP contribution is -2.52. The first-order valence-corrected chi connectivity index (χ1v) is 8.54. The number of hydrazine groups is 1. The van der Waals surface area contributed by atoms with E-state index in [9.17, 15) is 4.79 Å². The van der Waals surface area contributed by atoms with E-state index in [-0.39, 0.29) is 12.1 Å². The summed E-state index contributed by atoms with van der Waals surface area (Å²) in [6, 6.07) is 10.8. The molecule has 1 saturated carbocycles. The molecule has 4 heteroatoms. The van der Waals surface area contributed by atoms with Crippen LogP contribution in [0.2, 0.25) is 0 Å². The summed E-state index contributed by atoms with van der Waals surface area (Å²) in [5.41, 5.74) is 4.73. The molecule has 1 aromatic carbocycles. The number of carbonyl (C=O) groups is 1. The number of rotatable bonds is 6. The third kappa shape index (κ3) is 3.43. The minimum atomic E-state index is -0.225. The molecule has 4 nitrogen and oxygen atoms in total. The molecule has 0 aromatic heterocycles. The van der Waals surface area contributed by atoms with E-state index >= 15 is 0 Å². The van der Waals surface area contributed by atoms with Crippen molar-refractivity contribution in [1.29, 1.82) is 0 Å². The Morgan fingerprint density at radius 1 is 1.27 bits per heavy atom. The van der Waals surface area contributed by atoms with Crippen LogP contribution >= 0.6 is 0 Å². The summed E-state index contributed by atoms with van der Waals surface area (Å²) in [5, 5.41) is 1.75. The Hall–Kier alpha value is -1.55. The maximum absolute atomic E-state index is 12.1. The number of cyclic esters (lactones) is 1. The SMILES string of the molecule is CC[C@@H](NN1C(=O)OC[C@@H]1Cc1ccccc1)C1CCCC1. The predicted molar refractivity (Wildman–Crippen MR) is 86.3 cm³/mol. The molecular weight excluding hydrogens is 276 g/mol. The molecule has 2 fully saturated rings. The monoisotopic (exact) mass is 302 g/mol. The average molecular weight is 302 g/mol. The summed E-state index contributed by atoms with van der Waals surface area (Å²) in [6.07, 6.45) is 6.85. The zero-order valence-electron chi connectivity index (χ0n) is 13.3. The van der Waals surface area contributed by atoms with Crippen LogP contribution in [0.4, 0.5) is 4.79 Å². The van der Waals surface area contributed by atoms with Gasteiger partial charge in [-0.1, -0.05) is 50.1 Å². The quantitative estimate of drug-likeness (QED) is 0.874. The second-order valence-corrected chi connectivity index (χ2v) is 6.48. The molecular formula is C18H26N2O2. The minimum Gasteiger partial charge on any atom is -0.446 e. The van der Waals surface area contributed by atoms with Crippen molar-refractivity contribution in [3.8, 4) is 0 Å². The Labute approximate surface area is 132 Å². The lowest BCUT2D eigenvalue weighted by atomic mass is 9.96. The van der Waals surface area contributed by atoms with Crippen LogP contribution in [0.5, 0.6) is 0 Å². The van der Waals surface area contributed by atoms with E-state index in [1.807, 2.05) is 18.2 Å². The van der Waals surface area contributed by atoms with E-state index in [4.69, 9.17) is 4.74 Å². The molecule has 22 heavy (non-hydrogen) atoms. The van der Waals surface area contributed by atoms with Gasteiger partial charge in [0.25, 0.3) is 0 Å². The van der Waals surface area contributed by atoms with Crippen molar-refractivity contribution < 1.29 is 9.53 Å². The summed E-state index contributed by atoms with van der Waals surface area (Å²) in [5.74, 6) is 0.691. The van der Waals surface area contributed by atoms with Crippen molar-refractivity contribution >= 4 is 6.09 Å². The molecule has 1 heterocycles. The number of carbonyl (C=O) groups excluding carboxylic acids is 1. The zero-order chi connectivity index (χ0) is 15.4. The molecule has 0 radical (unpaired) electrons. The number of nitrogens with one attached hydrogen (secondary N) is 1. The first-order valence-electron chi connectivity index (χ1n) is 8.54. The summed E-state index contributed by atoms with van der Waals surface area (Å²) in [4.78, 5) is 12.1.